The number of aromatic nitrogens is 2. The molecule has 3 heteroatoms. The molecule has 3 nitrogen and oxygen atoms in total. The third kappa shape index (κ3) is 2.28. The molecule has 1 heterocycles. The van der Waals surface area contributed by atoms with Crippen LogP contribution in [0.1, 0.15) is 32.1 Å². The first-order valence-electron chi connectivity index (χ1n) is 5.58. The smallest absolute Gasteiger partial charge is 0.123 e. The van der Waals surface area contributed by atoms with Crippen LogP contribution in [0.5, 0.6) is 0 Å². The second-order valence-corrected chi connectivity index (χ2v) is 4.22. The van der Waals surface area contributed by atoms with Gasteiger partial charge >= 0.3 is 0 Å². The first-order valence-corrected chi connectivity index (χ1v) is 5.58. The Morgan fingerprint density at radius 2 is 2.21 bits per heavy atom. The summed E-state index contributed by atoms with van der Waals surface area (Å²) in [6.07, 6.45) is 8.89. The van der Waals surface area contributed by atoms with Gasteiger partial charge in [0.1, 0.15) is 5.82 Å². The van der Waals surface area contributed by atoms with E-state index in [2.05, 4.69) is 10.4 Å². The molecular formula is C11H19N3. The maximum atomic E-state index is 4.13. The first-order chi connectivity index (χ1) is 6.86. The van der Waals surface area contributed by atoms with Crippen molar-refractivity contribution >= 4 is 5.82 Å². The van der Waals surface area contributed by atoms with Gasteiger partial charge in [-0.15, -0.1) is 0 Å². The summed E-state index contributed by atoms with van der Waals surface area (Å²) < 4.78 is 1.89. The van der Waals surface area contributed by atoms with Crippen LogP contribution >= 0.6 is 0 Å². The normalized spacial score (nSPS) is 18.4. The lowest BCUT2D eigenvalue weighted by Gasteiger charge is -2.22. The van der Waals surface area contributed by atoms with Crippen LogP contribution in [0.4, 0.5) is 5.82 Å². The Labute approximate surface area is 85.5 Å². The predicted molar refractivity (Wildman–Crippen MR) is 58.3 cm³/mol. The molecule has 1 N–H and O–H groups in total. The largest absolute Gasteiger partial charge is 0.370 e. The summed E-state index contributed by atoms with van der Waals surface area (Å²) in [5.41, 5.74) is 0. The maximum Gasteiger partial charge on any atom is 0.123 e. The van der Waals surface area contributed by atoms with Crippen molar-refractivity contribution < 1.29 is 0 Å². The van der Waals surface area contributed by atoms with Gasteiger partial charge in [0, 0.05) is 19.7 Å². The number of rotatable bonds is 3. The quantitative estimate of drug-likeness (QED) is 0.799. The minimum atomic E-state index is 0.874. The highest BCUT2D eigenvalue weighted by atomic mass is 15.3. The number of nitrogens with one attached hydrogen (secondary N) is 1. The lowest BCUT2D eigenvalue weighted by Crippen LogP contribution is -2.18. The first kappa shape index (κ1) is 9.56. The molecule has 0 bridgehead atoms. The summed E-state index contributed by atoms with van der Waals surface area (Å²) in [6, 6.07) is 2.03. The summed E-state index contributed by atoms with van der Waals surface area (Å²) in [5, 5.41) is 7.60. The second-order valence-electron chi connectivity index (χ2n) is 4.22. The van der Waals surface area contributed by atoms with Crippen LogP contribution in [-0.4, -0.2) is 16.3 Å². The summed E-state index contributed by atoms with van der Waals surface area (Å²) >= 11 is 0. The lowest BCUT2D eigenvalue weighted by molar-refractivity contribution is 0.373. The monoisotopic (exact) mass is 193 g/mol. The van der Waals surface area contributed by atoms with Crippen LogP contribution in [-0.2, 0) is 7.05 Å². The van der Waals surface area contributed by atoms with Crippen molar-refractivity contribution in [2.75, 3.05) is 11.9 Å². The maximum absolute atomic E-state index is 4.13. The molecule has 0 aliphatic heterocycles. The zero-order valence-corrected chi connectivity index (χ0v) is 8.87. The van der Waals surface area contributed by atoms with E-state index in [9.17, 15) is 0 Å². The summed E-state index contributed by atoms with van der Waals surface area (Å²) in [7, 11) is 1.98. The van der Waals surface area contributed by atoms with Crippen molar-refractivity contribution in [3.63, 3.8) is 0 Å². The average Bonchev–Trinajstić information content (AvgIpc) is 2.63. The van der Waals surface area contributed by atoms with Crippen LogP contribution < -0.4 is 5.32 Å². The molecule has 1 aliphatic carbocycles. The molecule has 14 heavy (non-hydrogen) atoms. The van der Waals surface area contributed by atoms with Crippen molar-refractivity contribution in [2.24, 2.45) is 13.0 Å². The Morgan fingerprint density at radius 3 is 2.86 bits per heavy atom. The van der Waals surface area contributed by atoms with Crippen molar-refractivity contribution in [2.45, 2.75) is 32.1 Å². The van der Waals surface area contributed by atoms with Crippen LogP contribution in [0.2, 0.25) is 0 Å². The second kappa shape index (κ2) is 4.49. The van der Waals surface area contributed by atoms with E-state index in [1.807, 2.05) is 24.0 Å². The van der Waals surface area contributed by atoms with Crippen molar-refractivity contribution in [3.05, 3.63) is 12.3 Å². The van der Waals surface area contributed by atoms with Crippen LogP contribution in [0.15, 0.2) is 12.3 Å². The number of nitrogens with zero attached hydrogens (tertiary/aromatic N) is 2. The van der Waals surface area contributed by atoms with Crippen molar-refractivity contribution in [1.29, 1.82) is 0 Å². The number of hydrogen-bond donors (Lipinski definition) is 1. The Kier molecular flexibility index (Phi) is 3.07. The highest BCUT2D eigenvalue weighted by Crippen LogP contribution is 2.23. The molecule has 0 spiro atoms. The van der Waals surface area contributed by atoms with Crippen molar-refractivity contribution in [3.8, 4) is 0 Å². The molecular weight excluding hydrogens is 174 g/mol. The average molecular weight is 193 g/mol. The van der Waals surface area contributed by atoms with Gasteiger partial charge in [0.15, 0.2) is 0 Å². The zero-order valence-electron chi connectivity index (χ0n) is 8.87. The number of anilines is 1. The van der Waals surface area contributed by atoms with E-state index in [1.165, 1.54) is 32.1 Å². The molecule has 2 rings (SSSR count). The fourth-order valence-corrected chi connectivity index (χ4v) is 2.19. The molecule has 0 radical (unpaired) electrons. The molecule has 0 saturated heterocycles. The minimum Gasteiger partial charge on any atom is -0.370 e. The van der Waals surface area contributed by atoms with Crippen LogP contribution in [0, 0.1) is 5.92 Å². The zero-order chi connectivity index (χ0) is 9.80. The Bertz CT molecular complexity index is 274. The van der Waals surface area contributed by atoms with Gasteiger partial charge in [0.25, 0.3) is 0 Å². The van der Waals surface area contributed by atoms with E-state index in [-0.39, 0.29) is 0 Å². The standard InChI is InChI=1S/C11H19N3/c1-14-11(7-8-13-14)12-9-10-5-3-2-4-6-10/h7-8,10,12H,2-6,9H2,1H3. The SMILES string of the molecule is Cn1nccc1NCC1CCCCC1. The highest BCUT2D eigenvalue weighted by molar-refractivity contribution is 5.33. The Morgan fingerprint density at radius 1 is 1.43 bits per heavy atom. The van der Waals surface area contributed by atoms with E-state index in [0.717, 1.165) is 18.3 Å². The van der Waals surface area contributed by atoms with Gasteiger partial charge in [-0.1, -0.05) is 19.3 Å². The minimum absolute atomic E-state index is 0.874. The summed E-state index contributed by atoms with van der Waals surface area (Å²) in [4.78, 5) is 0. The van der Waals surface area contributed by atoms with Gasteiger partial charge in [0.2, 0.25) is 0 Å². The topological polar surface area (TPSA) is 29.9 Å². The Balaban J connectivity index is 1.79. The van der Waals surface area contributed by atoms with E-state index in [4.69, 9.17) is 0 Å². The van der Waals surface area contributed by atoms with E-state index < -0.39 is 0 Å². The summed E-state index contributed by atoms with van der Waals surface area (Å²) in [6.45, 7) is 1.11. The van der Waals surface area contributed by atoms with Gasteiger partial charge < -0.3 is 5.32 Å². The number of aryl methyl sites for hydroxylation is 1. The molecule has 0 aromatic carbocycles. The fourth-order valence-electron chi connectivity index (χ4n) is 2.19. The lowest BCUT2D eigenvalue weighted by atomic mass is 9.89. The van der Waals surface area contributed by atoms with E-state index in [1.54, 1.807) is 0 Å². The van der Waals surface area contributed by atoms with Crippen LogP contribution in [0.25, 0.3) is 0 Å². The summed E-state index contributed by atoms with van der Waals surface area (Å²) in [5.74, 6) is 2.01. The Hall–Kier alpha value is -0.990. The molecule has 1 fully saturated rings. The third-order valence-electron chi connectivity index (χ3n) is 3.12. The molecule has 0 unspecified atom stereocenters. The molecule has 78 valence electrons. The van der Waals surface area contributed by atoms with E-state index in [0.29, 0.717) is 0 Å². The fraction of sp³-hybridized carbons (Fsp3) is 0.727. The van der Waals surface area contributed by atoms with Gasteiger partial charge in [-0.25, -0.2) is 0 Å². The number of hydrogen-bond acceptors (Lipinski definition) is 2. The molecule has 1 aromatic heterocycles. The van der Waals surface area contributed by atoms with Gasteiger partial charge in [-0.3, -0.25) is 4.68 Å². The van der Waals surface area contributed by atoms with Crippen LogP contribution in [0.3, 0.4) is 0 Å². The van der Waals surface area contributed by atoms with E-state index >= 15 is 0 Å². The van der Waals surface area contributed by atoms with Gasteiger partial charge in [0.05, 0.1) is 6.20 Å². The molecule has 1 saturated carbocycles. The highest BCUT2D eigenvalue weighted by Gasteiger charge is 2.13. The molecule has 1 aromatic rings. The molecule has 1 aliphatic rings. The molecule has 0 atom stereocenters. The third-order valence-corrected chi connectivity index (χ3v) is 3.12. The van der Waals surface area contributed by atoms with Crippen molar-refractivity contribution in [1.82, 2.24) is 9.78 Å². The van der Waals surface area contributed by atoms with Gasteiger partial charge in [-0.2, -0.15) is 5.10 Å². The molecule has 0 amide bonds. The predicted octanol–water partition coefficient (Wildman–Crippen LogP) is 2.41. The van der Waals surface area contributed by atoms with Gasteiger partial charge in [-0.05, 0) is 18.8 Å².